The van der Waals surface area contributed by atoms with Crippen LogP contribution in [0.3, 0.4) is 0 Å². The predicted octanol–water partition coefficient (Wildman–Crippen LogP) is 6.05. The lowest BCUT2D eigenvalue weighted by atomic mass is 9.99. The van der Waals surface area contributed by atoms with Crippen LogP contribution >= 0.6 is 23.2 Å². The number of nitrogens with one attached hydrogen (secondary N) is 3. The molecule has 46 heavy (non-hydrogen) atoms. The highest BCUT2D eigenvalue weighted by atomic mass is 35.5. The molecule has 0 spiro atoms. The number of benzene rings is 2. The maximum atomic E-state index is 11.5. The monoisotopic (exact) mass is 661 g/mol. The summed E-state index contributed by atoms with van der Waals surface area (Å²) >= 11 is 14.1. The van der Waals surface area contributed by atoms with Crippen LogP contribution in [0.15, 0.2) is 60.8 Å². The molecule has 4 aromatic rings. The number of halogens is 2. The standard InChI is InChI=1S/C35H37Cl2N5O4/c1-44-30-16-21(6-7-22(30)17-39-20-25-13-15-46-25)34-33(37)27(12-14-40-34)26-4-3-5-28(32(26)36)29-10-8-23(35(42-29)45-2)18-38-19-24-9-11-31(43)41-24/h3-8,10,12,14,16,24-25,38-39H,9,11,13,15,17-20H2,1-2H3,(H,41,43)/t24-,25-/m1/s1. The summed E-state index contributed by atoms with van der Waals surface area (Å²) in [6.07, 6.45) is 4.54. The van der Waals surface area contributed by atoms with Crippen LogP contribution in [-0.2, 0) is 22.6 Å². The molecule has 2 aliphatic rings. The molecule has 2 fully saturated rings. The van der Waals surface area contributed by atoms with Crippen LogP contribution in [0.4, 0.5) is 0 Å². The summed E-state index contributed by atoms with van der Waals surface area (Å²) in [7, 11) is 3.27. The van der Waals surface area contributed by atoms with Crippen molar-refractivity contribution in [2.45, 2.75) is 44.5 Å². The summed E-state index contributed by atoms with van der Waals surface area (Å²) in [5.74, 6) is 1.37. The minimum atomic E-state index is 0.104. The highest BCUT2D eigenvalue weighted by Gasteiger charge is 2.22. The van der Waals surface area contributed by atoms with Crippen molar-refractivity contribution in [2.24, 2.45) is 0 Å². The molecule has 11 heteroatoms. The van der Waals surface area contributed by atoms with Gasteiger partial charge in [-0.25, -0.2) is 4.98 Å². The van der Waals surface area contributed by atoms with Gasteiger partial charge in [-0.1, -0.05) is 59.6 Å². The van der Waals surface area contributed by atoms with E-state index in [1.807, 2.05) is 54.6 Å². The topological polar surface area (TPSA) is 107 Å². The Balaban J connectivity index is 1.22. The third kappa shape index (κ3) is 7.14. The van der Waals surface area contributed by atoms with Crippen molar-refractivity contribution in [3.05, 3.63) is 82.0 Å². The Bertz CT molecular complexity index is 1710. The summed E-state index contributed by atoms with van der Waals surface area (Å²) in [4.78, 5) is 20.9. The Morgan fingerprint density at radius 2 is 1.67 bits per heavy atom. The van der Waals surface area contributed by atoms with Crippen LogP contribution in [0.25, 0.3) is 33.6 Å². The fraction of sp³-hybridized carbons (Fsp3) is 0.343. The Kier molecular flexibility index (Phi) is 10.4. The van der Waals surface area contributed by atoms with E-state index >= 15 is 0 Å². The van der Waals surface area contributed by atoms with E-state index in [9.17, 15) is 4.79 Å². The second kappa shape index (κ2) is 14.8. The van der Waals surface area contributed by atoms with E-state index in [1.165, 1.54) is 0 Å². The number of methoxy groups -OCH3 is 2. The SMILES string of the molecule is COc1cc(-c2nccc(-c3cccc(-c4ccc(CNC[C@H]5CCC(=O)N5)c(OC)n4)c3Cl)c2Cl)ccc1CNC[C@H]1CCO1. The Morgan fingerprint density at radius 3 is 2.41 bits per heavy atom. The van der Waals surface area contributed by atoms with Crippen LogP contribution in [0.1, 0.15) is 30.4 Å². The molecule has 0 radical (unpaired) electrons. The molecule has 1 amide bonds. The van der Waals surface area contributed by atoms with Gasteiger partial charge in [-0.05, 0) is 31.0 Å². The Morgan fingerprint density at radius 1 is 0.913 bits per heavy atom. The van der Waals surface area contributed by atoms with Crippen molar-refractivity contribution in [3.8, 4) is 45.3 Å². The van der Waals surface area contributed by atoms with Gasteiger partial charge < -0.3 is 30.2 Å². The van der Waals surface area contributed by atoms with Crippen LogP contribution in [-0.4, -0.2) is 61.9 Å². The highest BCUT2D eigenvalue weighted by molar-refractivity contribution is 6.39. The zero-order valence-corrected chi connectivity index (χ0v) is 27.4. The number of nitrogens with zero attached hydrogens (tertiary/aromatic N) is 2. The quantitative estimate of drug-likeness (QED) is 0.159. The Hall–Kier alpha value is -3.73. The van der Waals surface area contributed by atoms with Gasteiger partial charge in [-0.3, -0.25) is 9.78 Å². The zero-order chi connectivity index (χ0) is 32.0. The maximum absolute atomic E-state index is 11.5. The summed E-state index contributed by atoms with van der Waals surface area (Å²) in [6, 6.07) is 17.7. The predicted molar refractivity (Wildman–Crippen MR) is 180 cm³/mol. The van der Waals surface area contributed by atoms with E-state index in [-0.39, 0.29) is 11.9 Å². The van der Waals surface area contributed by atoms with Crippen LogP contribution < -0.4 is 25.4 Å². The third-order valence-electron chi connectivity index (χ3n) is 8.42. The molecule has 0 unspecified atom stereocenters. The average Bonchev–Trinajstić information content (AvgIpc) is 3.47. The summed E-state index contributed by atoms with van der Waals surface area (Å²) in [6.45, 7) is 3.57. The second-order valence-corrected chi connectivity index (χ2v) is 12.2. The van der Waals surface area contributed by atoms with Gasteiger partial charge >= 0.3 is 0 Å². The van der Waals surface area contributed by atoms with Crippen LogP contribution in [0.5, 0.6) is 11.6 Å². The van der Waals surface area contributed by atoms with Crippen LogP contribution in [0, 0.1) is 0 Å². The first-order chi connectivity index (χ1) is 22.4. The normalized spacial score (nSPS) is 17.4. The molecule has 3 N–H and O–H groups in total. The summed E-state index contributed by atoms with van der Waals surface area (Å²) in [5.41, 5.74) is 6.39. The summed E-state index contributed by atoms with van der Waals surface area (Å²) in [5, 5.41) is 10.8. The molecule has 240 valence electrons. The fourth-order valence-electron chi connectivity index (χ4n) is 5.78. The number of ether oxygens (including phenoxy) is 3. The van der Waals surface area contributed by atoms with Gasteiger partial charge in [0.25, 0.3) is 0 Å². The van der Waals surface area contributed by atoms with Gasteiger partial charge in [-0.15, -0.1) is 0 Å². The lowest BCUT2D eigenvalue weighted by molar-refractivity contribution is -0.119. The largest absolute Gasteiger partial charge is 0.496 e. The van der Waals surface area contributed by atoms with Gasteiger partial charge in [0, 0.05) is 84.8 Å². The van der Waals surface area contributed by atoms with Crippen molar-refractivity contribution in [1.82, 2.24) is 25.9 Å². The first-order valence-corrected chi connectivity index (χ1v) is 16.2. The summed E-state index contributed by atoms with van der Waals surface area (Å²) < 4.78 is 16.9. The minimum Gasteiger partial charge on any atom is -0.496 e. The molecule has 0 bridgehead atoms. The molecule has 2 aromatic heterocycles. The van der Waals surface area contributed by atoms with Gasteiger partial charge in [0.2, 0.25) is 11.8 Å². The molecular formula is C35H37Cl2N5O4. The molecule has 2 aliphatic heterocycles. The third-order valence-corrected chi connectivity index (χ3v) is 9.21. The molecule has 4 heterocycles. The van der Waals surface area contributed by atoms with Gasteiger partial charge in [0.1, 0.15) is 5.75 Å². The van der Waals surface area contributed by atoms with Crippen molar-refractivity contribution in [3.63, 3.8) is 0 Å². The minimum absolute atomic E-state index is 0.104. The first kappa shape index (κ1) is 32.2. The fourth-order valence-corrected chi connectivity index (χ4v) is 6.43. The van der Waals surface area contributed by atoms with Crippen molar-refractivity contribution < 1.29 is 19.0 Å². The smallest absolute Gasteiger partial charge is 0.220 e. The number of aromatic nitrogens is 2. The molecule has 9 nitrogen and oxygen atoms in total. The molecule has 0 saturated carbocycles. The van der Waals surface area contributed by atoms with Crippen molar-refractivity contribution in [1.29, 1.82) is 0 Å². The van der Waals surface area contributed by atoms with E-state index in [4.69, 9.17) is 42.4 Å². The molecule has 2 saturated heterocycles. The van der Waals surface area contributed by atoms with E-state index in [2.05, 4.69) is 20.9 Å². The molecule has 2 aromatic carbocycles. The second-order valence-electron chi connectivity index (χ2n) is 11.4. The molecular weight excluding hydrogens is 625 g/mol. The van der Waals surface area contributed by atoms with E-state index in [0.717, 1.165) is 65.1 Å². The van der Waals surface area contributed by atoms with Gasteiger partial charge in [0.05, 0.1) is 41.8 Å². The van der Waals surface area contributed by atoms with Crippen LogP contribution in [0.2, 0.25) is 10.0 Å². The van der Waals surface area contributed by atoms with E-state index in [0.29, 0.717) is 59.5 Å². The molecule has 2 atom stereocenters. The van der Waals surface area contributed by atoms with E-state index in [1.54, 1.807) is 20.4 Å². The Labute approximate surface area is 279 Å². The zero-order valence-electron chi connectivity index (χ0n) is 25.9. The van der Waals surface area contributed by atoms with Crippen molar-refractivity contribution >= 4 is 29.1 Å². The van der Waals surface area contributed by atoms with Crippen molar-refractivity contribution in [2.75, 3.05) is 33.9 Å². The number of hydrogen-bond donors (Lipinski definition) is 3. The van der Waals surface area contributed by atoms with Gasteiger partial charge in [-0.2, -0.15) is 0 Å². The number of amides is 1. The molecule has 6 rings (SSSR count). The average molecular weight is 663 g/mol. The van der Waals surface area contributed by atoms with Gasteiger partial charge in [0.15, 0.2) is 0 Å². The number of pyridine rings is 2. The number of carbonyl (C=O) groups excluding carboxylic acids is 1. The highest BCUT2D eigenvalue weighted by Crippen LogP contribution is 2.42. The number of carbonyl (C=O) groups is 1. The maximum Gasteiger partial charge on any atom is 0.220 e. The lowest BCUT2D eigenvalue weighted by Gasteiger charge is -2.26. The lowest BCUT2D eigenvalue weighted by Crippen LogP contribution is -2.36. The number of rotatable bonds is 13. The number of hydrogen-bond acceptors (Lipinski definition) is 8. The van der Waals surface area contributed by atoms with E-state index < -0.39 is 0 Å². The molecule has 0 aliphatic carbocycles. The first-order valence-electron chi connectivity index (χ1n) is 15.4.